The number of nitrogens with one attached hydrogen (secondary N) is 1. The van der Waals surface area contributed by atoms with Crippen LogP contribution in [0.1, 0.15) is 25.8 Å². The van der Waals surface area contributed by atoms with Gasteiger partial charge < -0.3 is 14.8 Å². The first-order valence-electron chi connectivity index (χ1n) is 8.70. The molecule has 120 valence electrons. The summed E-state index contributed by atoms with van der Waals surface area (Å²) in [6.07, 6.45) is 4.17. The highest BCUT2D eigenvalue weighted by Gasteiger charge is 2.56. The molecule has 1 amide bonds. The van der Waals surface area contributed by atoms with Gasteiger partial charge in [0.2, 0.25) is 5.91 Å². The highest BCUT2D eigenvalue weighted by atomic mass is 16.2. The van der Waals surface area contributed by atoms with Gasteiger partial charge in [-0.25, -0.2) is 4.98 Å². The third-order valence-corrected chi connectivity index (χ3v) is 6.28. The molecule has 3 aliphatic heterocycles. The van der Waals surface area contributed by atoms with Crippen LogP contribution < -0.4 is 5.32 Å². The second-order valence-electron chi connectivity index (χ2n) is 7.26. The Labute approximate surface area is 135 Å². The van der Waals surface area contributed by atoms with Crippen molar-refractivity contribution in [1.29, 1.82) is 0 Å². The molecule has 5 atom stereocenters. The normalized spacial score (nSPS) is 33.3. The first kappa shape index (κ1) is 13.5. The maximum absolute atomic E-state index is 13.2. The van der Waals surface area contributed by atoms with Gasteiger partial charge in [0, 0.05) is 25.2 Å². The molecule has 4 heterocycles. The number of amides is 1. The molecule has 2 bridgehead atoms. The Bertz CT molecular complexity index is 751. The second-order valence-corrected chi connectivity index (χ2v) is 7.26. The molecule has 0 radical (unpaired) electrons. The van der Waals surface area contributed by atoms with Crippen LogP contribution in [0.25, 0.3) is 11.0 Å². The van der Waals surface area contributed by atoms with Gasteiger partial charge in [-0.1, -0.05) is 12.1 Å². The summed E-state index contributed by atoms with van der Waals surface area (Å²) in [5.74, 6) is 1.61. The van der Waals surface area contributed by atoms with E-state index in [1.165, 1.54) is 12.8 Å². The largest absolute Gasteiger partial charge is 0.334 e. The lowest BCUT2D eigenvalue weighted by atomic mass is 9.82. The Balaban J connectivity index is 1.47. The predicted molar refractivity (Wildman–Crippen MR) is 87.9 cm³/mol. The topological polar surface area (TPSA) is 50.2 Å². The van der Waals surface area contributed by atoms with Gasteiger partial charge in [-0.15, -0.1) is 0 Å². The van der Waals surface area contributed by atoms with Crippen LogP contribution in [0.2, 0.25) is 0 Å². The Morgan fingerprint density at radius 2 is 1.91 bits per heavy atom. The lowest BCUT2D eigenvalue weighted by Crippen LogP contribution is -2.42. The van der Waals surface area contributed by atoms with Crippen molar-refractivity contribution < 1.29 is 4.79 Å². The van der Waals surface area contributed by atoms with Gasteiger partial charge in [-0.3, -0.25) is 4.79 Å². The van der Waals surface area contributed by atoms with E-state index in [0.29, 0.717) is 23.9 Å². The van der Waals surface area contributed by atoms with Crippen molar-refractivity contribution in [3.63, 3.8) is 0 Å². The Kier molecular flexibility index (Phi) is 2.83. The van der Waals surface area contributed by atoms with Crippen LogP contribution >= 0.6 is 0 Å². The minimum atomic E-state index is -0.183. The van der Waals surface area contributed by atoms with Crippen LogP contribution in [0.5, 0.6) is 0 Å². The number of benzene rings is 1. The van der Waals surface area contributed by atoms with E-state index in [4.69, 9.17) is 0 Å². The molecule has 1 aromatic heterocycles. The van der Waals surface area contributed by atoms with E-state index in [-0.39, 0.29) is 11.9 Å². The third-order valence-electron chi connectivity index (χ3n) is 6.28. The van der Waals surface area contributed by atoms with Crippen molar-refractivity contribution in [2.75, 3.05) is 13.1 Å². The fourth-order valence-corrected chi connectivity index (χ4v) is 5.22. The van der Waals surface area contributed by atoms with Crippen molar-refractivity contribution in [3.8, 4) is 0 Å². The molecule has 1 unspecified atom stereocenters. The molecule has 5 nitrogen and oxygen atoms in total. The molecule has 3 aliphatic rings. The average molecular weight is 310 g/mol. The van der Waals surface area contributed by atoms with Crippen molar-refractivity contribution in [2.24, 2.45) is 11.8 Å². The molecule has 5 rings (SSSR count). The minimum absolute atomic E-state index is 0.183. The molecule has 1 aromatic carbocycles. The number of aromatic nitrogens is 2. The summed E-state index contributed by atoms with van der Waals surface area (Å²) < 4.78 is 2.03. The zero-order valence-electron chi connectivity index (χ0n) is 13.4. The summed E-state index contributed by atoms with van der Waals surface area (Å²) in [5, 5.41) is 3.51. The van der Waals surface area contributed by atoms with Crippen LogP contribution in [-0.2, 0) is 4.79 Å². The molecule has 2 aromatic rings. The number of nitrogens with zero attached hydrogens (tertiary/aromatic N) is 3. The van der Waals surface area contributed by atoms with Gasteiger partial charge in [0.25, 0.3) is 0 Å². The van der Waals surface area contributed by atoms with Crippen LogP contribution in [0, 0.1) is 11.8 Å². The molecule has 5 heteroatoms. The lowest BCUT2D eigenvalue weighted by Gasteiger charge is -2.28. The fraction of sp³-hybridized carbons (Fsp3) is 0.556. The van der Waals surface area contributed by atoms with E-state index in [0.717, 1.165) is 24.1 Å². The number of carbonyl (C=O) groups is 1. The van der Waals surface area contributed by atoms with Crippen LogP contribution in [0.3, 0.4) is 0 Å². The van der Waals surface area contributed by atoms with Crippen molar-refractivity contribution >= 4 is 16.9 Å². The standard InChI is InChI=1S/C18H22N4O/c1-11(21-10-20-14-4-2-3-5-17(14)21)18(23)22-15-6-7-16(22)13-9-19-8-12(13)15/h2-5,10-13,15-16,19H,6-9H2,1H3/t11?,12-,13+,15-,16+. The SMILES string of the molecule is CC(C(=O)N1[C@@H]2CC[C@H]1[C@H]1CNC[C@H]12)n1cnc2ccccc21. The quantitative estimate of drug-likeness (QED) is 0.920. The Morgan fingerprint density at radius 1 is 1.22 bits per heavy atom. The highest BCUT2D eigenvalue weighted by Crippen LogP contribution is 2.48. The first-order chi connectivity index (χ1) is 11.3. The van der Waals surface area contributed by atoms with Gasteiger partial charge in [-0.05, 0) is 43.7 Å². The summed E-state index contributed by atoms with van der Waals surface area (Å²) >= 11 is 0. The number of hydrogen-bond donors (Lipinski definition) is 1. The highest BCUT2D eigenvalue weighted by molar-refractivity contribution is 5.84. The summed E-state index contributed by atoms with van der Waals surface area (Å²) in [6, 6.07) is 8.75. The van der Waals surface area contributed by atoms with Crippen molar-refractivity contribution in [2.45, 2.75) is 37.9 Å². The number of fused-ring (bicyclic) bond motifs is 6. The van der Waals surface area contributed by atoms with Crippen LogP contribution in [0.15, 0.2) is 30.6 Å². The summed E-state index contributed by atoms with van der Waals surface area (Å²) in [7, 11) is 0. The average Bonchev–Trinajstić information content (AvgIpc) is 3.32. The maximum Gasteiger partial charge on any atom is 0.245 e. The number of para-hydroxylation sites is 2. The summed E-state index contributed by atoms with van der Waals surface area (Å²) in [4.78, 5) is 19.9. The molecular weight excluding hydrogens is 288 g/mol. The molecule has 0 saturated carbocycles. The number of imidazole rings is 1. The molecule has 0 aliphatic carbocycles. The second kappa shape index (κ2) is 4.81. The maximum atomic E-state index is 13.2. The Morgan fingerprint density at radius 3 is 2.65 bits per heavy atom. The van der Waals surface area contributed by atoms with Gasteiger partial charge in [0.15, 0.2) is 0 Å². The fourth-order valence-electron chi connectivity index (χ4n) is 5.22. The monoisotopic (exact) mass is 310 g/mol. The number of carbonyl (C=O) groups excluding carboxylic acids is 1. The van der Waals surface area contributed by atoms with E-state index < -0.39 is 0 Å². The number of rotatable bonds is 2. The summed E-state index contributed by atoms with van der Waals surface area (Å²) in [6.45, 7) is 4.18. The first-order valence-corrected chi connectivity index (χ1v) is 8.70. The van der Waals surface area contributed by atoms with Crippen LogP contribution in [-0.4, -0.2) is 45.5 Å². The van der Waals surface area contributed by atoms with E-state index in [1.54, 1.807) is 0 Å². The predicted octanol–water partition coefficient (Wildman–Crippen LogP) is 1.81. The van der Waals surface area contributed by atoms with Gasteiger partial charge >= 0.3 is 0 Å². The van der Waals surface area contributed by atoms with Crippen molar-refractivity contribution in [3.05, 3.63) is 30.6 Å². The number of hydrogen-bond acceptors (Lipinski definition) is 3. The minimum Gasteiger partial charge on any atom is -0.334 e. The molecule has 23 heavy (non-hydrogen) atoms. The van der Waals surface area contributed by atoms with Crippen LogP contribution in [0.4, 0.5) is 0 Å². The third kappa shape index (κ3) is 1.77. The zero-order valence-corrected chi connectivity index (χ0v) is 13.4. The van der Waals surface area contributed by atoms with E-state index in [9.17, 15) is 4.79 Å². The lowest BCUT2D eigenvalue weighted by molar-refractivity contribution is -0.135. The molecule has 3 fully saturated rings. The van der Waals surface area contributed by atoms with E-state index in [2.05, 4.69) is 15.2 Å². The van der Waals surface area contributed by atoms with Gasteiger partial charge in [-0.2, -0.15) is 0 Å². The molecule has 1 N–H and O–H groups in total. The van der Waals surface area contributed by atoms with Crippen molar-refractivity contribution in [1.82, 2.24) is 19.8 Å². The molecular formula is C18H22N4O. The van der Waals surface area contributed by atoms with E-state index in [1.807, 2.05) is 42.1 Å². The smallest absolute Gasteiger partial charge is 0.245 e. The Hall–Kier alpha value is -1.88. The zero-order chi connectivity index (χ0) is 15.6. The van der Waals surface area contributed by atoms with E-state index >= 15 is 0 Å². The van der Waals surface area contributed by atoms with Gasteiger partial charge in [0.1, 0.15) is 6.04 Å². The molecule has 0 spiro atoms. The summed E-state index contributed by atoms with van der Waals surface area (Å²) in [5.41, 5.74) is 2.00. The van der Waals surface area contributed by atoms with Gasteiger partial charge in [0.05, 0.1) is 17.4 Å². The molecule has 3 saturated heterocycles.